The quantitative estimate of drug-likeness (QED) is 0.877. The Morgan fingerprint density at radius 2 is 2.31 bits per heavy atom. The minimum Gasteiger partial charge on any atom is -0.306 e. The number of nitrogens with zero attached hydrogens (tertiary/aromatic N) is 2. The van der Waals surface area contributed by atoms with Gasteiger partial charge in [-0.05, 0) is 18.2 Å². The highest BCUT2D eigenvalue weighted by Gasteiger charge is 2.07. The first-order valence-electron chi connectivity index (χ1n) is 4.41. The summed E-state index contributed by atoms with van der Waals surface area (Å²) in [5, 5.41) is 3.16. The third kappa shape index (κ3) is 2.43. The zero-order valence-electron chi connectivity index (χ0n) is 8.02. The second-order valence-corrected chi connectivity index (χ2v) is 4.35. The molecule has 6 heteroatoms. The number of carbonyl (C=O) groups is 1. The lowest BCUT2D eigenvalue weighted by Crippen LogP contribution is -2.17. The van der Waals surface area contributed by atoms with Gasteiger partial charge in [0.25, 0.3) is 0 Å². The number of hydrogen-bond donors (Lipinski definition) is 1. The summed E-state index contributed by atoms with van der Waals surface area (Å²) in [7, 11) is 0. The maximum atomic E-state index is 11.7. The second-order valence-electron chi connectivity index (χ2n) is 3.02. The van der Waals surface area contributed by atoms with Crippen molar-refractivity contribution in [3.05, 3.63) is 46.4 Å². The van der Waals surface area contributed by atoms with Crippen LogP contribution in [-0.4, -0.2) is 15.6 Å². The van der Waals surface area contributed by atoms with E-state index >= 15 is 0 Å². The summed E-state index contributed by atoms with van der Waals surface area (Å²) >= 11 is 9.25. The van der Waals surface area contributed by atoms with Gasteiger partial charge in [0.2, 0.25) is 0 Å². The molecule has 0 fully saturated rings. The fraction of sp³-hybridized carbons (Fsp3) is 0. The van der Waals surface area contributed by atoms with Crippen LogP contribution in [0.1, 0.15) is 0 Å². The summed E-state index contributed by atoms with van der Waals surface area (Å²) in [6, 6.07) is 4.93. The van der Waals surface area contributed by atoms with E-state index in [-0.39, 0.29) is 6.03 Å². The molecule has 0 aliphatic heterocycles. The summed E-state index contributed by atoms with van der Waals surface area (Å²) in [4.78, 5) is 15.5. The molecule has 2 aromatic rings. The Balaban J connectivity index is 2.21. The molecule has 0 unspecified atom stereocenters. The van der Waals surface area contributed by atoms with Crippen molar-refractivity contribution in [2.75, 3.05) is 5.32 Å². The van der Waals surface area contributed by atoms with Crippen LogP contribution < -0.4 is 5.32 Å². The maximum absolute atomic E-state index is 11.7. The molecule has 1 aromatic heterocycles. The molecule has 1 heterocycles. The number of amides is 1. The molecule has 0 saturated heterocycles. The Hall–Kier alpha value is -1.33. The van der Waals surface area contributed by atoms with E-state index < -0.39 is 0 Å². The summed E-state index contributed by atoms with van der Waals surface area (Å²) in [6.45, 7) is 0. The van der Waals surface area contributed by atoms with Crippen LogP contribution in [0.2, 0.25) is 5.02 Å². The molecule has 2 rings (SSSR count). The second kappa shape index (κ2) is 4.67. The van der Waals surface area contributed by atoms with Gasteiger partial charge in [-0.25, -0.2) is 9.78 Å². The van der Waals surface area contributed by atoms with Crippen LogP contribution >= 0.6 is 27.5 Å². The van der Waals surface area contributed by atoms with Gasteiger partial charge in [0, 0.05) is 16.9 Å². The molecule has 0 radical (unpaired) electrons. The number of carbonyl (C=O) groups excluding carboxylic acids is 1. The van der Waals surface area contributed by atoms with Crippen LogP contribution in [0.5, 0.6) is 0 Å². The molecular formula is C10H7BrClN3O. The predicted molar refractivity (Wildman–Crippen MR) is 65.8 cm³/mol. The van der Waals surface area contributed by atoms with Crippen molar-refractivity contribution in [1.29, 1.82) is 0 Å². The number of anilines is 1. The van der Waals surface area contributed by atoms with E-state index in [0.29, 0.717) is 10.7 Å². The number of halogens is 2. The van der Waals surface area contributed by atoms with Crippen LogP contribution in [-0.2, 0) is 0 Å². The lowest BCUT2D eigenvalue weighted by atomic mass is 10.3. The molecule has 82 valence electrons. The number of nitrogens with one attached hydrogen (secondary N) is 1. The Morgan fingerprint density at radius 3 is 3.00 bits per heavy atom. The first kappa shape index (κ1) is 11.2. The molecule has 0 atom stereocenters. The number of benzene rings is 1. The van der Waals surface area contributed by atoms with Crippen molar-refractivity contribution in [1.82, 2.24) is 9.55 Å². The van der Waals surface area contributed by atoms with E-state index in [1.165, 1.54) is 17.1 Å². The van der Waals surface area contributed by atoms with Crippen LogP contribution in [0.15, 0.2) is 41.4 Å². The maximum Gasteiger partial charge on any atom is 0.331 e. The third-order valence-corrected chi connectivity index (χ3v) is 2.73. The average molecular weight is 301 g/mol. The van der Waals surface area contributed by atoms with Gasteiger partial charge in [0.15, 0.2) is 0 Å². The highest BCUT2D eigenvalue weighted by molar-refractivity contribution is 9.10. The van der Waals surface area contributed by atoms with Crippen LogP contribution in [0.25, 0.3) is 0 Å². The van der Waals surface area contributed by atoms with E-state index in [2.05, 4.69) is 26.2 Å². The molecule has 0 saturated carbocycles. The molecule has 1 aromatic carbocycles. The molecule has 16 heavy (non-hydrogen) atoms. The number of hydrogen-bond acceptors (Lipinski definition) is 2. The van der Waals surface area contributed by atoms with E-state index in [1.54, 1.807) is 24.4 Å². The summed E-state index contributed by atoms with van der Waals surface area (Å²) < 4.78 is 2.18. The van der Waals surface area contributed by atoms with E-state index in [0.717, 1.165) is 4.47 Å². The van der Waals surface area contributed by atoms with Gasteiger partial charge in [-0.1, -0.05) is 27.5 Å². The fourth-order valence-electron chi connectivity index (χ4n) is 1.15. The number of rotatable bonds is 1. The van der Waals surface area contributed by atoms with Gasteiger partial charge in [0.05, 0.1) is 10.7 Å². The molecule has 1 amide bonds. The highest BCUT2D eigenvalue weighted by atomic mass is 79.9. The van der Waals surface area contributed by atoms with Crippen LogP contribution in [0, 0.1) is 0 Å². The van der Waals surface area contributed by atoms with Crippen molar-refractivity contribution < 1.29 is 4.79 Å². The van der Waals surface area contributed by atoms with E-state index in [1.807, 2.05) is 0 Å². The minimum absolute atomic E-state index is 0.308. The Labute approximate surface area is 105 Å². The predicted octanol–water partition coefficient (Wildman–Crippen LogP) is 3.38. The molecular weight excluding hydrogens is 293 g/mol. The Morgan fingerprint density at radius 1 is 1.50 bits per heavy atom. The van der Waals surface area contributed by atoms with Gasteiger partial charge >= 0.3 is 6.03 Å². The molecule has 0 spiro atoms. The van der Waals surface area contributed by atoms with Gasteiger partial charge in [0.1, 0.15) is 6.33 Å². The zero-order chi connectivity index (χ0) is 11.5. The molecule has 1 N–H and O–H groups in total. The fourth-order valence-corrected chi connectivity index (χ4v) is 1.68. The van der Waals surface area contributed by atoms with Crippen molar-refractivity contribution in [2.45, 2.75) is 0 Å². The lowest BCUT2D eigenvalue weighted by Gasteiger charge is -2.07. The average Bonchev–Trinajstić information content (AvgIpc) is 2.76. The zero-order valence-corrected chi connectivity index (χ0v) is 10.4. The van der Waals surface area contributed by atoms with Crippen molar-refractivity contribution in [3.63, 3.8) is 0 Å². The molecule has 0 bridgehead atoms. The summed E-state index contributed by atoms with van der Waals surface area (Å²) in [5.74, 6) is 0. The number of imidazole rings is 1. The molecule has 0 aliphatic carbocycles. The van der Waals surface area contributed by atoms with Crippen molar-refractivity contribution in [2.24, 2.45) is 0 Å². The molecule has 0 aliphatic rings. The highest BCUT2D eigenvalue weighted by Crippen LogP contribution is 2.25. The minimum atomic E-state index is -0.308. The first-order chi connectivity index (χ1) is 7.66. The van der Waals surface area contributed by atoms with Crippen LogP contribution in [0.4, 0.5) is 10.5 Å². The summed E-state index contributed by atoms with van der Waals surface area (Å²) in [5.41, 5.74) is 0.551. The standard InChI is InChI=1S/C10H7BrClN3O/c11-7-1-2-8(12)9(5-7)14-10(16)15-4-3-13-6-15/h1-6H,(H,14,16). The van der Waals surface area contributed by atoms with Crippen molar-refractivity contribution in [3.8, 4) is 0 Å². The van der Waals surface area contributed by atoms with Crippen molar-refractivity contribution >= 4 is 39.2 Å². The topological polar surface area (TPSA) is 46.9 Å². The summed E-state index contributed by atoms with van der Waals surface area (Å²) in [6.07, 6.45) is 4.50. The normalized spacial score (nSPS) is 10.1. The smallest absolute Gasteiger partial charge is 0.306 e. The van der Waals surface area contributed by atoms with Gasteiger partial charge in [-0.3, -0.25) is 4.57 Å². The van der Waals surface area contributed by atoms with E-state index in [4.69, 9.17) is 11.6 Å². The largest absolute Gasteiger partial charge is 0.331 e. The van der Waals surface area contributed by atoms with Gasteiger partial charge in [-0.15, -0.1) is 0 Å². The lowest BCUT2D eigenvalue weighted by molar-refractivity contribution is 0.253. The van der Waals surface area contributed by atoms with Gasteiger partial charge < -0.3 is 5.32 Å². The first-order valence-corrected chi connectivity index (χ1v) is 5.58. The van der Waals surface area contributed by atoms with Gasteiger partial charge in [-0.2, -0.15) is 0 Å². The Bertz CT molecular complexity index is 513. The molecule has 4 nitrogen and oxygen atoms in total. The monoisotopic (exact) mass is 299 g/mol. The van der Waals surface area contributed by atoms with E-state index in [9.17, 15) is 4.79 Å². The third-order valence-electron chi connectivity index (χ3n) is 1.91. The Kier molecular flexibility index (Phi) is 3.26. The SMILES string of the molecule is O=C(Nc1cc(Br)ccc1Cl)n1ccnc1. The number of aromatic nitrogens is 2. The van der Waals surface area contributed by atoms with Crippen LogP contribution in [0.3, 0.4) is 0 Å².